The first-order valence-corrected chi connectivity index (χ1v) is 10.6. The monoisotopic (exact) mass is 444 g/mol. The number of hydrogen-bond acceptors (Lipinski definition) is 4. The fourth-order valence-corrected chi connectivity index (χ4v) is 4.19. The Kier molecular flexibility index (Phi) is 6.40. The zero-order valence-corrected chi connectivity index (χ0v) is 18.1. The Labute approximate surface area is 191 Å². The average Bonchev–Trinajstić information content (AvgIpc) is 3.14. The van der Waals surface area contributed by atoms with Crippen LogP contribution in [0.2, 0.25) is 0 Å². The van der Waals surface area contributed by atoms with Crippen molar-refractivity contribution in [2.24, 2.45) is 0 Å². The fourth-order valence-electron chi connectivity index (χ4n) is 4.19. The molecule has 1 atom stereocenters. The fraction of sp³-hybridized carbons (Fsp3) is 0.192. The molecule has 0 bridgehead atoms. The second-order valence-corrected chi connectivity index (χ2v) is 7.90. The average molecular weight is 444 g/mol. The van der Waals surface area contributed by atoms with Gasteiger partial charge in [0.2, 0.25) is 5.91 Å². The first-order valence-electron chi connectivity index (χ1n) is 10.6. The Morgan fingerprint density at radius 1 is 0.909 bits per heavy atom. The first kappa shape index (κ1) is 22.1. The van der Waals surface area contributed by atoms with Crippen LogP contribution in [0.15, 0.2) is 78.9 Å². The summed E-state index contributed by atoms with van der Waals surface area (Å²) in [7, 11) is 1.38. The van der Waals surface area contributed by atoms with E-state index in [9.17, 15) is 14.4 Å². The number of amides is 2. The molecule has 0 fully saturated rings. The minimum atomic E-state index is -1.14. The van der Waals surface area contributed by atoms with E-state index in [0.29, 0.717) is 5.56 Å². The topological polar surface area (TPSA) is 95.9 Å². The highest BCUT2D eigenvalue weighted by molar-refractivity contribution is 5.89. The van der Waals surface area contributed by atoms with Crippen molar-refractivity contribution in [1.29, 1.82) is 0 Å². The maximum Gasteiger partial charge on any atom is 0.408 e. The molecule has 0 aromatic heterocycles. The normalized spacial score (nSPS) is 12.9. The highest BCUT2D eigenvalue weighted by atomic mass is 16.5. The number of fused-ring (bicyclic) bond motifs is 3. The summed E-state index contributed by atoms with van der Waals surface area (Å²) in [5.41, 5.74) is 4.95. The van der Waals surface area contributed by atoms with Gasteiger partial charge in [-0.2, -0.15) is 0 Å². The molecule has 33 heavy (non-hydrogen) atoms. The van der Waals surface area contributed by atoms with Gasteiger partial charge in [0.25, 0.3) is 0 Å². The standard InChI is InChI=1S/C26H24N2O5/c1-28(15-23(29)30)25(31)24(17-9-3-2-4-10-17)27-26(32)33-16-22-20-13-7-5-11-18(20)19-12-6-8-14-21(19)22/h2-14,22,24H,15-16H2,1H3,(H,27,32)(H,29,30). The number of alkyl carbamates (subject to hydrolysis) is 1. The van der Waals surface area contributed by atoms with Crippen molar-refractivity contribution in [3.63, 3.8) is 0 Å². The van der Waals surface area contributed by atoms with Crippen LogP contribution in [0.1, 0.15) is 28.7 Å². The van der Waals surface area contributed by atoms with Gasteiger partial charge in [0.15, 0.2) is 0 Å². The Morgan fingerprint density at radius 3 is 2.03 bits per heavy atom. The van der Waals surface area contributed by atoms with E-state index in [4.69, 9.17) is 9.84 Å². The highest BCUT2D eigenvalue weighted by Crippen LogP contribution is 2.44. The second-order valence-electron chi connectivity index (χ2n) is 7.90. The zero-order valence-electron chi connectivity index (χ0n) is 18.1. The smallest absolute Gasteiger partial charge is 0.408 e. The predicted molar refractivity (Wildman–Crippen MR) is 123 cm³/mol. The van der Waals surface area contributed by atoms with Crippen molar-refractivity contribution < 1.29 is 24.2 Å². The van der Waals surface area contributed by atoms with E-state index in [-0.39, 0.29) is 12.5 Å². The lowest BCUT2D eigenvalue weighted by Gasteiger charge is -2.24. The number of likely N-dealkylation sites (N-methyl/N-ethyl adjacent to an activating group) is 1. The number of aliphatic carboxylic acids is 1. The summed E-state index contributed by atoms with van der Waals surface area (Å²) < 4.78 is 5.57. The summed E-state index contributed by atoms with van der Waals surface area (Å²) in [6, 6.07) is 23.6. The van der Waals surface area contributed by atoms with Gasteiger partial charge < -0.3 is 20.1 Å². The quantitative estimate of drug-likeness (QED) is 0.578. The summed E-state index contributed by atoms with van der Waals surface area (Å²) in [6.07, 6.45) is -0.747. The van der Waals surface area contributed by atoms with Crippen LogP contribution in [-0.2, 0) is 14.3 Å². The summed E-state index contributed by atoms with van der Waals surface area (Å²) in [6.45, 7) is -0.366. The molecule has 0 radical (unpaired) electrons. The third kappa shape index (κ3) is 4.72. The van der Waals surface area contributed by atoms with Gasteiger partial charge in [0.1, 0.15) is 19.2 Å². The van der Waals surface area contributed by atoms with Crippen LogP contribution in [0, 0.1) is 0 Å². The van der Waals surface area contributed by atoms with Crippen LogP contribution in [0.3, 0.4) is 0 Å². The van der Waals surface area contributed by atoms with Gasteiger partial charge >= 0.3 is 12.1 Å². The molecular weight excluding hydrogens is 420 g/mol. The van der Waals surface area contributed by atoms with Crippen LogP contribution >= 0.6 is 0 Å². The molecule has 0 aliphatic heterocycles. The minimum absolute atomic E-state index is 0.108. The number of carbonyl (C=O) groups is 3. The molecule has 3 aromatic rings. The highest BCUT2D eigenvalue weighted by Gasteiger charge is 2.31. The number of ether oxygens (including phenoxy) is 1. The van der Waals surface area contributed by atoms with Gasteiger partial charge in [-0.3, -0.25) is 9.59 Å². The number of rotatable bonds is 7. The van der Waals surface area contributed by atoms with E-state index in [2.05, 4.69) is 17.4 Å². The van der Waals surface area contributed by atoms with Crippen molar-refractivity contribution in [2.75, 3.05) is 20.2 Å². The maximum atomic E-state index is 12.9. The molecule has 2 amide bonds. The van der Waals surface area contributed by atoms with Crippen LogP contribution < -0.4 is 5.32 Å². The van der Waals surface area contributed by atoms with Gasteiger partial charge in [-0.25, -0.2) is 4.79 Å². The first-order chi connectivity index (χ1) is 16.0. The molecule has 3 aromatic carbocycles. The maximum absolute atomic E-state index is 12.9. The summed E-state index contributed by atoms with van der Waals surface area (Å²) in [5, 5.41) is 11.6. The Morgan fingerprint density at radius 2 is 1.45 bits per heavy atom. The molecule has 168 valence electrons. The van der Waals surface area contributed by atoms with Crippen molar-refractivity contribution in [3.05, 3.63) is 95.6 Å². The Balaban J connectivity index is 1.49. The van der Waals surface area contributed by atoms with Crippen LogP contribution in [0.5, 0.6) is 0 Å². The van der Waals surface area contributed by atoms with Gasteiger partial charge in [-0.05, 0) is 27.8 Å². The number of carboxylic acid groups (broad SMARTS) is 1. The van der Waals surface area contributed by atoms with E-state index < -0.39 is 30.6 Å². The lowest BCUT2D eigenvalue weighted by molar-refractivity contribution is -0.144. The largest absolute Gasteiger partial charge is 0.480 e. The summed E-state index contributed by atoms with van der Waals surface area (Å²) in [5.74, 6) is -1.79. The van der Waals surface area contributed by atoms with E-state index in [1.54, 1.807) is 30.3 Å². The van der Waals surface area contributed by atoms with E-state index >= 15 is 0 Å². The molecule has 7 heteroatoms. The van der Waals surface area contributed by atoms with Crippen LogP contribution in [0.25, 0.3) is 11.1 Å². The van der Waals surface area contributed by atoms with Crippen molar-refractivity contribution in [1.82, 2.24) is 10.2 Å². The minimum Gasteiger partial charge on any atom is -0.480 e. The summed E-state index contributed by atoms with van der Waals surface area (Å²) >= 11 is 0. The molecule has 4 rings (SSSR count). The van der Waals surface area contributed by atoms with Gasteiger partial charge in [-0.15, -0.1) is 0 Å². The predicted octanol–water partition coefficient (Wildman–Crippen LogP) is 3.81. The molecule has 1 aliphatic rings. The van der Waals surface area contributed by atoms with Gasteiger partial charge in [0.05, 0.1) is 0 Å². The SMILES string of the molecule is CN(CC(=O)O)C(=O)C(NC(=O)OCC1c2ccccc2-c2ccccc21)c1ccccc1. The molecule has 2 N–H and O–H groups in total. The van der Waals surface area contributed by atoms with E-state index in [0.717, 1.165) is 27.2 Å². The molecule has 0 saturated heterocycles. The van der Waals surface area contributed by atoms with Crippen molar-refractivity contribution in [3.8, 4) is 11.1 Å². The molecule has 0 spiro atoms. The molecule has 7 nitrogen and oxygen atoms in total. The molecule has 1 unspecified atom stereocenters. The number of hydrogen-bond donors (Lipinski definition) is 2. The number of carbonyl (C=O) groups excluding carboxylic acids is 2. The Bertz CT molecular complexity index is 1130. The lowest BCUT2D eigenvalue weighted by Crippen LogP contribution is -2.43. The second kappa shape index (κ2) is 9.56. The van der Waals surface area contributed by atoms with Crippen molar-refractivity contribution >= 4 is 18.0 Å². The van der Waals surface area contributed by atoms with E-state index in [1.807, 2.05) is 36.4 Å². The van der Waals surface area contributed by atoms with Crippen LogP contribution in [-0.4, -0.2) is 48.2 Å². The lowest BCUT2D eigenvalue weighted by atomic mass is 9.98. The van der Waals surface area contributed by atoms with Crippen LogP contribution in [0.4, 0.5) is 4.79 Å². The molecular formula is C26H24N2O5. The number of nitrogens with zero attached hydrogens (tertiary/aromatic N) is 1. The van der Waals surface area contributed by atoms with Gasteiger partial charge in [0, 0.05) is 13.0 Å². The molecule has 0 heterocycles. The number of benzene rings is 3. The van der Waals surface area contributed by atoms with Gasteiger partial charge in [-0.1, -0.05) is 78.9 Å². The Hall–Kier alpha value is -4.13. The number of carboxylic acids is 1. The van der Waals surface area contributed by atoms with Crippen molar-refractivity contribution in [2.45, 2.75) is 12.0 Å². The summed E-state index contributed by atoms with van der Waals surface area (Å²) in [4.78, 5) is 37.7. The number of nitrogens with one attached hydrogen (secondary N) is 1. The molecule has 0 saturated carbocycles. The zero-order chi connectivity index (χ0) is 23.4. The third-order valence-electron chi connectivity index (χ3n) is 5.73. The third-order valence-corrected chi connectivity index (χ3v) is 5.73. The molecule has 1 aliphatic carbocycles. The van der Waals surface area contributed by atoms with E-state index in [1.165, 1.54) is 7.05 Å².